The normalized spacial score (nSPS) is 13.1. The molecule has 0 saturated carbocycles. The van der Waals surface area contributed by atoms with Crippen LogP contribution >= 0.6 is 23.2 Å². The van der Waals surface area contributed by atoms with Crippen LogP contribution in [0, 0.1) is 0 Å². The molecule has 0 unspecified atom stereocenters. The number of hydrogen-bond donors (Lipinski definition) is 1. The quantitative estimate of drug-likeness (QED) is 0.737. The molecule has 1 heterocycles. The van der Waals surface area contributed by atoms with Gasteiger partial charge in [0.05, 0.1) is 0 Å². The number of nitrogens with two attached hydrogens (primary N) is 1. The van der Waals surface area contributed by atoms with Gasteiger partial charge >= 0.3 is 0 Å². The summed E-state index contributed by atoms with van der Waals surface area (Å²) in [5.41, 5.74) is 6.29. The minimum Gasteiger partial charge on any atom is -0.324 e. The first-order valence-corrected chi connectivity index (χ1v) is 3.81. The molecular weight excluding hydrogens is 185 g/mol. The van der Waals surface area contributed by atoms with Gasteiger partial charge < -0.3 is 5.73 Å². The van der Waals surface area contributed by atoms with Crippen LogP contribution in [0.3, 0.4) is 0 Å². The van der Waals surface area contributed by atoms with Crippen molar-refractivity contribution in [1.29, 1.82) is 0 Å². The lowest BCUT2D eigenvalue weighted by molar-refractivity contribution is 0.800. The number of rotatable bonds is 1. The van der Waals surface area contributed by atoms with Crippen LogP contribution in [0.5, 0.6) is 0 Å². The molecule has 0 aliphatic rings. The molecule has 0 aliphatic heterocycles. The largest absolute Gasteiger partial charge is 0.324 e. The maximum Gasteiger partial charge on any atom is 0.156 e. The van der Waals surface area contributed by atoms with Crippen molar-refractivity contribution >= 4 is 23.2 Å². The summed E-state index contributed by atoms with van der Waals surface area (Å²) in [6, 6.07) is 1.44. The fraction of sp³-hybridized carbons (Fsp3) is 0.333. The highest BCUT2D eigenvalue weighted by atomic mass is 35.5. The van der Waals surface area contributed by atoms with Crippen molar-refractivity contribution < 1.29 is 0 Å². The summed E-state index contributed by atoms with van der Waals surface area (Å²) in [5, 5.41) is 7.77. The second kappa shape index (κ2) is 3.34. The highest BCUT2D eigenvalue weighted by Crippen LogP contribution is 2.20. The predicted octanol–water partition coefficient (Wildman–Crippen LogP) is 1.80. The summed E-state index contributed by atoms with van der Waals surface area (Å²) in [6.45, 7) is 1.80. The average molecular weight is 192 g/mol. The Balaban J connectivity index is 3.13. The van der Waals surface area contributed by atoms with Crippen molar-refractivity contribution in [2.24, 2.45) is 5.73 Å². The van der Waals surface area contributed by atoms with Crippen LogP contribution in [0.2, 0.25) is 10.3 Å². The van der Waals surface area contributed by atoms with Gasteiger partial charge in [0.2, 0.25) is 0 Å². The topological polar surface area (TPSA) is 51.8 Å². The summed E-state index contributed by atoms with van der Waals surface area (Å²) in [4.78, 5) is 0. The predicted molar refractivity (Wildman–Crippen MR) is 44.7 cm³/mol. The van der Waals surface area contributed by atoms with Crippen molar-refractivity contribution in [2.45, 2.75) is 13.0 Å². The van der Waals surface area contributed by atoms with E-state index in [9.17, 15) is 0 Å². The van der Waals surface area contributed by atoms with E-state index < -0.39 is 0 Å². The van der Waals surface area contributed by atoms with Gasteiger partial charge in [-0.25, -0.2) is 0 Å². The summed E-state index contributed by atoms with van der Waals surface area (Å²) < 4.78 is 0. The Morgan fingerprint density at radius 1 is 1.45 bits per heavy atom. The average Bonchev–Trinajstić information content (AvgIpc) is 1.94. The second-order valence-electron chi connectivity index (χ2n) is 2.20. The van der Waals surface area contributed by atoms with E-state index >= 15 is 0 Å². The molecule has 0 amide bonds. The number of hydrogen-bond acceptors (Lipinski definition) is 3. The van der Waals surface area contributed by atoms with Gasteiger partial charge in [0.25, 0.3) is 0 Å². The van der Waals surface area contributed by atoms with Gasteiger partial charge in [-0.15, -0.1) is 10.2 Å². The lowest BCUT2D eigenvalue weighted by Crippen LogP contribution is -2.07. The van der Waals surface area contributed by atoms with Crippen molar-refractivity contribution in [3.8, 4) is 0 Å². The van der Waals surface area contributed by atoms with Gasteiger partial charge in [0, 0.05) is 11.6 Å². The second-order valence-corrected chi connectivity index (χ2v) is 2.95. The zero-order valence-electron chi connectivity index (χ0n) is 5.88. The number of aromatic nitrogens is 2. The fourth-order valence-electron chi connectivity index (χ4n) is 0.685. The molecule has 5 heteroatoms. The first-order chi connectivity index (χ1) is 5.11. The first-order valence-electron chi connectivity index (χ1n) is 3.05. The molecule has 0 bridgehead atoms. The molecular formula is C6H7Cl2N3. The molecule has 0 radical (unpaired) electrons. The molecule has 11 heavy (non-hydrogen) atoms. The van der Waals surface area contributed by atoms with E-state index in [0.717, 1.165) is 0 Å². The molecule has 3 nitrogen and oxygen atoms in total. The maximum absolute atomic E-state index is 5.68. The van der Waals surface area contributed by atoms with Crippen molar-refractivity contribution in [3.05, 3.63) is 21.9 Å². The lowest BCUT2D eigenvalue weighted by Gasteiger charge is -2.05. The Bertz CT molecular complexity index is 262. The molecule has 0 aliphatic carbocycles. The highest BCUT2D eigenvalue weighted by molar-refractivity contribution is 6.31. The third-order valence-electron chi connectivity index (χ3n) is 1.24. The van der Waals surface area contributed by atoms with Crippen LogP contribution in [0.1, 0.15) is 18.5 Å². The van der Waals surface area contributed by atoms with Gasteiger partial charge in [-0.1, -0.05) is 23.2 Å². The molecule has 1 atom stereocenters. The van der Waals surface area contributed by atoms with Crippen LogP contribution in [0.25, 0.3) is 0 Å². The van der Waals surface area contributed by atoms with E-state index in [1.807, 2.05) is 0 Å². The van der Waals surface area contributed by atoms with Crippen LogP contribution < -0.4 is 5.73 Å². The Labute approximate surface area is 74.5 Å². The summed E-state index contributed by atoms with van der Waals surface area (Å²) in [5.74, 6) is 0. The Morgan fingerprint density at radius 3 is 2.55 bits per heavy atom. The van der Waals surface area contributed by atoms with Gasteiger partial charge in [0.1, 0.15) is 0 Å². The monoisotopic (exact) mass is 191 g/mol. The number of halogens is 2. The van der Waals surface area contributed by atoms with Crippen LogP contribution in [0.4, 0.5) is 0 Å². The molecule has 1 aromatic rings. The van der Waals surface area contributed by atoms with Gasteiger partial charge in [-0.2, -0.15) is 0 Å². The molecule has 2 N–H and O–H groups in total. The molecule has 60 valence electrons. The van der Waals surface area contributed by atoms with Crippen molar-refractivity contribution in [2.75, 3.05) is 0 Å². The molecule has 1 aromatic heterocycles. The van der Waals surface area contributed by atoms with E-state index in [1.165, 1.54) is 0 Å². The Kier molecular flexibility index (Phi) is 2.65. The van der Waals surface area contributed by atoms with Crippen LogP contribution in [-0.4, -0.2) is 10.2 Å². The fourth-order valence-corrected chi connectivity index (χ4v) is 1.11. The Hall–Kier alpha value is -0.380. The summed E-state index contributed by atoms with van der Waals surface area (Å²) >= 11 is 11.3. The number of nitrogens with zero attached hydrogens (tertiary/aromatic N) is 2. The molecule has 0 spiro atoms. The van der Waals surface area contributed by atoms with E-state index in [0.29, 0.717) is 15.9 Å². The molecule has 0 saturated heterocycles. The minimum absolute atomic E-state index is 0.171. The van der Waals surface area contributed by atoms with Gasteiger partial charge in [-0.3, -0.25) is 0 Å². The third-order valence-corrected chi connectivity index (χ3v) is 1.72. The van der Waals surface area contributed by atoms with E-state index in [1.54, 1.807) is 13.0 Å². The highest BCUT2D eigenvalue weighted by Gasteiger charge is 2.07. The van der Waals surface area contributed by atoms with E-state index in [2.05, 4.69) is 10.2 Å². The standard InChI is InChI=1S/C6H7Cl2N3/c1-3(9)4-2-5(7)10-11-6(4)8/h2-3H,9H2,1H3/t3-/m1/s1. The van der Waals surface area contributed by atoms with Crippen molar-refractivity contribution in [1.82, 2.24) is 10.2 Å². The van der Waals surface area contributed by atoms with E-state index in [-0.39, 0.29) is 6.04 Å². The van der Waals surface area contributed by atoms with Crippen LogP contribution in [0.15, 0.2) is 6.07 Å². The van der Waals surface area contributed by atoms with E-state index in [4.69, 9.17) is 28.9 Å². The van der Waals surface area contributed by atoms with Gasteiger partial charge in [-0.05, 0) is 13.0 Å². The smallest absolute Gasteiger partial charge is 0.156 e. The minimum atomic E-state index is -0.171. The summed E-state index contributed by atoms with van der Waals surface area (Å²) in [7, 11) is 0. The molecule has 0 aromatic carbocycles. The first kappa shape index (κ1) is 8.71. The van der Waals surface area contributed by atoms with Crippen LogP contribution in [-0.2, 0) is 0 Å². The summed E-state index contributed by atoms with van der Waals surface area (Å²) in [6.07, 6.45) is 0. The SMILES string of the molecule is C[C@@H](N)c1cc(Cl)nnc1Cl. The van der Waals surface area contributed by atoms with Crippen molar-refractivity contribution in [3.63, 3.8) is 0 Å². The zero-order valence-corrected chi connectivity index (χ0v) is 7.39. The molecule has 1 rings (SSSR count). The van der Waals surface area contributed by atoms with Gasteiger partial charge in [0.15, 0.2) is 10.3 Å². The molecule has 0 fully saturated rings. The maximum atomic E-state index is 5.68. The third kappa shape index (κ3) is 2.02. The zero-order chi connectivity index (χ0) is 8.43. The Morgan fingerprint density at radius 2 is 2.09 bits per heavy atom. The lowest BCUT2D eigenvalue weighted by atomic mass is 10.2.